The van der Waals surface area contributed by atoms with Crippen molar-refractivity contribution in [2.75, 3.05) is 44.7 Å². The first-order valence-corrected chi connectivity index (χ1v) is 8.33. The first-order chi connectivity index (χ1) is 10.2. The summed E-state index contributed by atoms with van der Waals surface area (Å²) in [6.07, 6.45) is 5.89. The van der Waals surface area contributed by atoms with Gasteiger partial charge in [-0.2, -0.15) is 0 Å². The van der Waals surface area contributed by atoms with Crippen LogP contribution >= 0.6 is 0 Å². The van der Waals surface area contributed by atoms with Crippen molar-refractivity contribution in [1.29, 1.82) is 0 Å². The molecule has 118 valence electrons. The van der Waals surface area contributed by atoms with Gasteiger partial charge in [-0.15, -0.1) is 0 Å². The SMILES string of the molecule is CCCNC(C)c1ccc(N(C)CCN2CCCC2)nc1. The molecule has 0 saturated carbocycles. The number of anilines is 1. The van der Waals surface area contributed by atoms with Gasteiger partial charge in [-0.05, 0) is 57.5 Å². The molecule has 1 aromatic rings. The lowest BCUT2D eigenvalue weighted by Gasteiger charge is -2.22. The number of aromatic nitrogens is 1. The average Bonchev–Trinajstić information content (AvgIpc) is 3.04. The number of pyridine rings is 1. The lowest BCUT2D eigenvalue weighted by molar-refractivity contribution is 0.346. The van der Waals surface area contributed by atoms with Crippen LogP contribution in [0.4, 0.5) is 5.82 Å². The molecule has 0 spiro atoms. The Labute approximate surface area is 129 Å². The van der Waals surface area contributed by atoms with Crippen molar-refractivity contribution in [2.45, 2.75) is 39.2 Å². The Kier molecular flexibility index (Phi) is 6.46. The number of nitrogens with zero attached hydrogens (tertiary/aromatic N) is 3. The van der Waals surface area contributed by atoms with E-state index < -0.39 is 0 Å². The number of hydrogen-bond donors (Lipinski definition) is 1. The molecular formula is C17H30N4. The molecule has 1 fully saturated rings. The van der Waals surface area contributed by atoms with Gasteiger partial charge in [0, 0.05) is 32.4 Å². The van der Waals surface area contributed by atoms with Crippen LogP contribution in [0.1, 0.15) is 44.7 Å². The number of likely N-dealkylation sites (tertiary alicyclic amines) is 1. The van der Waals surface area contributed by atoms with E-state index in [1.54, 1.807) is 0 Å². The first kappa shape index (κ1) is 16.2. The molecule has 0 aromatic carbocycles. The fourth-order valence-corrected chi connectivity index (χ4v) is 2.77. The highest BCUT2D eigenvalue weighted by Gasteiger charge is 2.12. The molecule has 4 nitrogen and oxygen atoms in total. The van der Waals surface area contributed by atoms with E-state index in [9.17, 15) is 0 Å². The fourth-order valence-electron chi connectivity index (χ4n) is 2.77. The van der Waals surface area contributed by atoms with Gasteiger partial charge in [0.2, 0.25) is 0 Å². The molecule has 1 aromatic heterocycles. The summed E-state index contributed by atoms with van der Waals surface area (Å²) in [6.45, 7) is 10.2. The minimum atomic E-state index is 0.376. The molecule has 1 N–H and O–H groups in total. The van der Waals surface area contributed by atoms with Crippen LogP contribution in [0.25, 0.3) is 0 Å². The third-order valence-electron chi connectivity index (χ3n) is 4.31. The monoisotopic (exact) mass is 290 g/mol. The predicted molar refractivity (Wildman–Crippen MR) is 89.9 cm³/mol. The minimum absolute atomic E-state index is 0.376. The van der Waals surface area contributed by atoms with Crippen molar-refractivity contribution in [3.05, 3.63) is 23.9 Å². The molecule has 1 aliphatic rings. The first-order valence-electron chi connectivity index (χ1n) is 8.33. The van der Waals surface area contributed by atoms with Gasteiger partial charge in [0.05, 0.1) is 0 Å². The molecule has 2 rings (SSSR count). The van der Waals surface area contributed by atoms with E-state index in [1.807, 2.05) is 6.20 Å². The molecule has 1 saturated heterocycles. The van der Waals surface area contributed by atoms with Crippen LogP contribution in [0.5, 0.6) is 0 Å². The maximum atomic E-state index is 4.62. The van der Waals surface area contributed by atoms with Gasteiger partial charge in [-0.3, -0.25) is 0 Å². The van der Waals surface area contributed by atoms with Crippen LogP contribution in [0, 0.1) is 0 Å². The van der Waals surface area contributed by atoms with Crippen LogP contribution in [0.3, 0.4) is 0 Å². The van der Waals surface area contributed by atoms with Gasteiger partial charge in [0.1, 0.15) is 5.82 Å². The third kappa shape index (κ3) is 4.97. The van der Waals surface area contributed by atoms with E-state index in [0.717, 1.165) is 31.9 Å². The zero-order chi connectivity index (χ0) is 15.1. The highest BCUT2D eigenvalue weighted by molar-refractivity contribution is 5.38. The average molecular weight is 290 g/mol. The lowest BCUT2D eigenvalue weighted by atomic mass is 10.1. The van der Waals surface area contributed by atoms with Crippen molar-refractivity contribution >= 4 is 5.82 Å². The topological polar surface area (TPSA) is 31.4 Å². The van der Waals surface area contributed by atoms with E-state index in [2.05, 4.69) is 53.1 Å². The molecular weight excluding hydrogens is 260 g/mol. The summed E-state index contributed by atoms with van der Waals surface area (Å²) in [5, 5.41) is 3.50. The van der Waals surface area contributed by atoms with Gasteiger partial charge >= 0.3 is 0 Å². The lowest BCUT2D eigenvalue weighted by Crippen LogP contribution is -2.31. The summed E-state index contributed by atoms with van der Waals surface area (Å²) in [6, 6.07) is 4.72. The van der Waals surface area contributed by atoms with E-state index in [1.165, 1.54) is 31.5 Å². The minimum Gasteiger partial charge on any atom is -0.358 e. The number of hydrogen-bond acceptors (Lipinski definition) is 4. The molecule has 1 unspecified atom stereocenters. The molecule has 0 amide bonds. The van der Waals surface area contributed by atoms with E-state index in [4.69, 9.17) is 0 Å². The van der Waals surface area contributed by atoms with Crippen molar-refractivity contribution in [1.82, 2.24) is 15.2 Å². The Balaban J connectivity index is 1.82. The molecule has 1 aliphatic heterocycles. The fraction of sp³-hybridized carbons (Fsp3) is 0.706. The van der Waals surface area contributed by atoms with E-state index >= 15 is 0 Å². The van der Waals surface area contributed by atoms with E-state index in [-0.39, 0.29) is 0 Å². The van der Waals surface area contributed by atoms with Gasteiger partial charge in [0.15, 0.2) is 0 Å². The predicted octanol–water partition coefficient (Wildman–Crippen LogP) is 2.67. The Morgan fingerprint density at radius 1 is 1.33 bits per heavy atom. The van der Waals surface area contributed by atoms with Crippen LogP contribution in [0.15, 0.2) is 18.3 Å². The largest absolute Gasteiger partial charge is 0.358 e. The van der Waals surface area contributed by atoms with Crippen molar-refractivity contribution in [3.8, 4) is 0 Å². The summed E-state index contributed by atoms with van der Waals surface area (Å²) in [4.78, 5) is 9.42. The molecule has 2 heterocycles. The Morgan fingerprint density at radius 3 is 2.71 bits per heavy atom. The molecule has 1 atom stereocenters. The normalized spacial score (nSPS) is 17.1. The molecule has 0 radical (unpaired) electrons. The van der Waals surface area contributed by atoms with Crippen molar-refractivity contribution in [3.63, 3.8) is 0 Å². The second kappa shape index (κ2) is 8.35. The Hall–Kier alpha value is -1.13. The second-order valence-electron chi connectivity index (χ2n) is 6.10. The zero-order valence-corrected chi connectivity index (χ0v) is 13.8. The number of rotatable bonds is 8. The Bertz CT molecular complexity index is 398. The summed E-state index contributed by atoms with van der Waals surface area (Å²) in [7, 11) is 2.14. The highest BCUT2D eigenvalue weighted by Crippen LogP contribution is 2.15. The van der Waals surface area contributed by atoms with Crippen LogP contribution < -0.4 is 10.2 Å². The van der Waals surface area contributed by atoms with Gasteiger partial charge < -0.3 is 15.1 Å². The van der Waals surface area contributed by atoms with Crippen molar-refractivity contribution in [2.24, 2.45) is 0 Å². The van der Waals surface area contributed by atoms with Crippen LogP contribution in [-0.2, 0) is 0 Å². The van der Waals surface area contributed by atoms with Gasteiger partial charge in [0.25, 0.3) is 0 Å². The third-order valence-corrected chi connectivity index (χ3v) is 4.31. The molecule has 0 bridgehead atoms. The summed E-state index contributed by atoms with van der Waals surface area (Å²) >= 11 is 0. The molecule has 0 aliphatic carbocycles. The summed E-state index contributed by atoms with van der Waals surface area (Å²) in [5.41, 5.74) is 1.26. The quantitative estimate of drug-likeness (QED) is 0.797. The zero-order valence-electron chi connectivity index (χ0n) is 13.8. The second-order valence-corrected chi connectivity index (χ2v) is 6.10. The smallest absolute Gasteiger partial charge is 0.128 e. The number of nitrogens with one attached hydrogen (secondary N) is 1. The van der Waals surface area contributed by atoms with Gasteiger partial charge in [-0.25, -0.2) is 4.98 Å². The van der Waals surface area contributed by atoms with Gasteiger partial charge in [-0.1, -0.05) is 13.0 Å². The maximum Gasteiger partial charge on any atom is 0.128 e. The van der Waals surface area contributed by atoms with E-state index in [0.29, 0.717) is 6.04 Å². The summed E-state index contributed by atoms with van der Waals surface area (Å²) in [5.74, 6) is 1.07. The van der Waals surface area contributed by atoms with Crippen LogP contribution in [-0.4, -0.2) is 49.7 Å². The molecule has 21 heavy (non-hydrogen) atoms. The van der Waals surface area contributed by atoms with Crippen molar-refractivity contribution < 1.29 is 0 Å². The van der Waals surface area contributed by atoms with Crippen LogP contribution in [0.2, 0.25) is 0 Å². The molecule has 4 heteroatoms. The number of likely N-dealkylation sites (N-methyl/N-ethyl adjacent to an activating group) is 1. The maximum absolute atomic E-state index is 4.62. The Morgan fingerprint density at radius 2 is 2.10 bits per heavy atom. The highest BCUT2D eigenvalue weighted by atomic mass is 15.2. The summed E-state index contributed by atoms with van der Waals surface area (Å²) < 4.78 is 0. The standard InChI is InChI=1S/C17H30N4/c1-4-9-18-15(2)16-7-8-17(19-14-16)20(3)12-13-21-10-5-6-11-21/h7-8,14-15,18H,4-6,9-13H2,1-3H3.